The van der Waals surface area contributed by atoms with Gasteiger partial charge in [-0.3, -0.25) is 4.79 Å². The Kier molecular flexibility index (Phi) is 7.31. The van der Waals surface area contributed by atoms with Crippen LogP contribution in [0.3, 0.4) is 0 Å². The molecule has 2 atom stereocenters. The van der Waals surface area contributed by atoms with Gasteiger partial charge in [0.15, 0.2) is 5.69 Å². The van der Waals surface area contributed by atoms with Crippen LogP contribution in [0.5, 0.6) is 0 Å². The molecule has 0 aliphatic heterocycles. The van der Waals surface area contributed by atoms with E-state index in [-0.39, 0.29) is 18.0 Å². The Morgan fingerprint density at radius 2 is 1.72 bits per heavy atom. The van der Waals surface area contributed by atoms with Crippen molar-refractivity contribution in [3.8, 4) is 0 Å². The molecule has 0 aliphatic carbocycles. The van der Waals surface area contributed by atoms with Crippen LogP contribution in [0.4, 0.5) is 4.79 Å². The van der Waals surface area contributed by atoms with Crippen molar-refractivity contribution in [1.82, 2.24) is 31.4 Å². The number of H-pyrrole nitrogens is 1. The third-order valence-electron chi connectivity index (χ3n) is 3.03. The Bertz CT molecular complexity index is 617. The number of aliphatic carboxylic acids is 2. The van der Waals surface area contributed by atoms with Crippen LogP contribution in [-0.4, -0.2) is 68.1 Å². The average Bonchev–Trinajstić information content (AvgIpc) is 3.04. The summed E-state index contributed by atoms with van der Waals surface area (Å²) < 4.78 is 0. The molecule has 12 heteroatoms. The molecule has 12 nitrogen and oxygen atoms in total. The summed E-state index contributed by atoms with van der Waals surface area (Å²) >= 11 is 0. The highest BCUT2D eigenvalue weighted by Crippen LogP contribution is 2.04. The Hall–Kier alpha value is -3.18. The quantitative estimate of drug-likeness (QED) is 0.318. The fourth-order valence-corrected chi connectivity index (χ4v) is 1.85. The van der Waals surface area contributed by atoms with Gasteiger partial charge < -0.3 is 26.2 Å². The number of carboxylic acids is 2. The fraction of sp³-hybridized carbons (Fsp3) is 0.538. The molecule has 0 aromatic carbocycles. The number of urea groups is 1. The standard InChI is InChI=1S/C13H20N6O6/c1-6(2)3-7(11(21)22)16-13(25)17-9(12(23)24)4-14-10(20)8-5-15-19-18-8/h5-7,9H,3-4H2,1-2H3,(H,14,20)(H,21,22)(H,23,24)(H,15,18,19)(H2,16,17,25)/t7-,9-/m0/s1. The molecule has 1 heterocycles. The van der Waals surface area contributed by atoms with E-state index in [0.717, 1.165) is 6.20 Å². The van der Waals surface area contributed by atoms with Gasteiger partial charge in [0.1, 0.15) is 12.1 Å². The summed E-state index contributed by atoms with van der Waals surface area (Å²) in [5.41, 5.74) is -0.0449. The highest BCUT2D eigenvalue weighted by Gasteiger charge is 2.25. The number of nitrogens with one attached hydrogen (secondary N) is 4. The Morgan fingerprint density at radius 1 is 1.12 bits per heavy atom. The van der Waals surface area contributed by atoms with E-state index in [2.05, 4.69) is 31.4 Å². The molecule has 0 bridgehead atoms. The van der Waals surface area contributed by atoms with E-state index in [1.54, 1.807) is 13.8 Å². The van der Waals surface area contributed by atoms with E-state index in [0.29, 0.717) is 0 Å². The van der Waals surface area contributed by atoms with Gasteiger partial charge in [-0.05, 0) is 12.3 Å². The predicted octanol–water partition coefficient (Wildman–Crippen LogP) is -1.21. The third-order valence-corrected chi connectivity index (χ3v) is 3.03. The van der Waals surface area contributed by atoms with Crippen LogP contribution >= 0.6 is 0 Å². The van der Waals surface area contributed by atoms with Gasteiger partial charge in [-0.1, -0.05) is 13.8 Å². The molecule has 0 fully saturated rings. The number of carbonyl (C=O) groups is 4. The zero-order chi connectivity index (χ0) is 19.0. The van der Waals surface area contributed by atoms with E-state index in [9.17, 15) is 19.2 Å². The van der Waals surface area contributed by atoms with Crippen LogP contribution in [0, 0.1) is 5.92 Å². The molecule has 0 radical (unpaired) electrons. The largest absolute Gasteiger partial charge is 0.480 e. The molecule has 1 rings (SSSR count). The molecule has 0 unspecified atom stereocenters. The van der Waals surface area contributed by atoms with Crippen molar-refractivity contribution >= 4 is 23.9 Å². The first-order chi connectivity index (χ1) is 11.7. The van der Waals surface area contributed by atoms with Crippen molar-refractivity contribution in [2.75, 3.05) is 6.54 Å². The molecule has 1 aromatic heterocycles. The second-order valence-corrected chi connectivity index (χ2v) is 5.59. The lowest BCUT2D eigenvalue weighted by atomic mass is 10.0. The van der Waals surface area contributed by atoms with Crippen LogP contribution in [0.15, 0.2) is 6.20 Å². The Morgan fingerprint density at radius 3 is 2.20 bits per heavy atom. The van der Waals surface area contributed by atoms with E-state index < -0.39 is 42.5 Å². The lowest BCUT2D eigenvalue weighted by molar-refractivity contribution is -0.139. The normalized spacial score (nSPS) is 12.9. The van der Waals surface area contributed by atoms with Gasteiger partial charge in [0.25, 0.3) is 5.91 Å². The van der Waals surface area contributed by atoms with Gasteiger partial charge in [-0.2, -0.15) is 15.4 Å². The second kappa shape index (κ2) is 9.20. The number of nitrogens with zero attached hydrogens (tertiary/aromatic N) is 2. The number of carboxylic acid groups (broad SMARTS) is 2. The minimum absolute atomic E-state index is 0.0124. The molecule has 1 aromatic rings. The van der Waals surface area contributed by atoms with Crippen LogP contribution < -0.4 is 16.0 Å². The molecular weight excluding hydrogens is 336 g/mol. The molecule has 0 aliphatic rings. The zero-order valence-electron chi connectivity index (χ0n) is 13.6. The van der Waals surface area contributed by atoms with Gasteiger partial charge in [0.2, 0.25) is 0 Å². The number of aromatic nitrogens is 3. The summed E-state index contributed by atoms with van der Waals surface area (Å²) in [5.74, 6) is -3.29. The number of hydrogen-bond acceptors (Lipinski definition) is 6. The summed E-state index contributed by atoms with van der Waals surface area (Å²) in [5, 5.41) is 33.9. The number of carbonyl (C=O) groups excluding carboxylic acids is 2. The van der Waals surface area contributed by atoms with E-state index >= 15 is 0 Å². The highest BCUT2D eigenvalue weighted by atomic mass is 16.4. The minimum Gasteiger partial charge on any atom is -0.480 e. The van der Waals surface area contributed by atoms with Crippen molar-refractivity contribution < 1.29 is 29.4 Å². The topological polar surface area (TPSA) is 186 Å². The number of aromatic amines is 1. The Balaban J connectivity index is 2.58. The molecule has 138 valence electrons. The molecule has 0 spiro atoms. The van der Waals surface area contributed by atoms with Crippen molar-refractivity contribution in [2.24, 2.45) is 5.92 Å². The molecule has 25 heavy (non-hydrogen) atoms. The monoisotopic (exact) mass is 356 g/mol. The molecule has 3 amide bonds. The van der Waals surface area contributed by atoms with Crippen molar-refractivity contribution in [2.45, 2.75) is 32.4 Å². The molecule has 6 N–H and O–H groups in total. The van der Waals surface area contributed by atoms with Crippen molar-refractivity contribution in [3.63, 3.8) is 0 Å². The first-order valence-electron chi connectivity index (χ1n) is 7.37. The summed E-state index contributed by atoms with van der Waals surface area (Å²) in [6.45, 7) is 3.15. The lowest BCUT2D eigenvalue weighted by Gasteiger charge is -2.19. The molecule has 0 saturated carbocycles. The zero-order valence-corrected chi connectivity index (χ0v) is 13.6. The highest BCUT2D eigenvalue weighted by molar-refractivity contribution is 5.92. The SMILES string of the molecule is CC(C)C[C@H](NC(=O)N[C@@H](CNC(=O)c1cn[nH]n1)C(=O)O)C(=O)O. The summed E-state index contributed by atoms with van der Waals surface area (Å²) in [4.78, 5) is 45.8. The van der Waals surface area contributed by atoms with Gasteiger partial charge in [-0.15, -0.1) is 0 Å². The number of rotatable bonds is 9. The maximum atomic E-state index is 11.8. The number of amides is 3. The summed E-state index contributed by atoms with van der Waals surface area (Å²) in [7, 11) is 0. The van der Waals surface area contributed by atoms with Crippen LogP contribution in [0.2, 0.25) is 0 Å². The fourth-order valence-electron chi connectivity index (χ4n) is 1.85. The average molecular weight is 356 g/mol. The van der Waals surface area contributed by atoms with E-state index in [4.69, 9.17) is 10.2 Å². The van der Waals surface area contributed by atoms with E-state index in [1.807, 2.05) is 0 Å². The summed E-state index contributed by atoms with van der Waals surface area (Å²) in [6.07, 6.45) is 1.33. The first kappa shape index (κ1) is 19.9. The van der Waals surface area contributed by atoms with Gasteiger partial charge in [0.05, 0.1) is 6.20 Å². The maximum absolute atomic E-state index is 11.8. The minimum atomic E-state index is -1.45. The van der Waals surface area contributed by atoms with Crippen molar-refractivity contribution in [1.29, 1.82) is 0 Å². The maximum Gasteiger partial charge on any atom is 0.328 e. The third kappa shape index (κ3) is 6.85. The van der Waals surface area contributed by atoms with Gasteiger partial charge >= 0.3 is 18.0 Å². The number of hydrogen-bond donors (Lipinski definition) is 6. The van der Waals surface area contributed by atoms with Crippen LogP contribution in [0.25, 0.3) is 0 Å². The first-order valence-corrected chi connectivity index (χ1v) is 7.37. The second-order valence-electron chi connectivity index (χ2n) is 5.59. The lowest BCUT2D eigenvalue weighted by Crippen LogP contribution is -2.54. The Labute approximate surface area is 142 Å². The van der Waals surface area contributed by atoms with E-state index in [1.165, 1.54) is 0 Å². The molecular formula is C13H20N6O6. The van der Waals surface area contributed by atoms with Gasteiger partial charge in [-0.25, -0.2) is 14.4 Å². The predicted molar refractivity (Wildman–Crippen MR) is 82.7 cm³/mol. The van der Waals surface area contributed by atoms with Gasteiger partial charge in [0, 0.05) is 6.54 Å². The van der Waals surface area contributed by atoms with Crippen LogP contribution in [-0.2, 0) is 9.59 Å². The smallest absolute Gasteiger partial charge is 0.328 e. The summed E-state index contributed by atoms with van der Waals surface area (Å²) in [6, 6.07) is -3.57. The van der Waals surface area contributed by atoms with Crippen LogP contribution in [0.1, 0.15) is 30.8 Å². The van der Waals surface area contributed by atoms with Crippen molar-refractivity contribution in [3.05, 3.63) is 11.9 Å². The molecule has 0 saturated heterocycles.